The van der Waals surface area contributed by atoms with Crippen LogP contribution < -0.4 is 5.73 Å². The molecule has 1 unspecified atom stereocenters. The van der Waals surface area contributed by atoms with Gasteiger partial charge >= 0.3 is 0 Å². The van der Waals surface area contributed by atoms with Crippen molar-refractivity contribution >= 4 is 0 Å². The van der Waals surface area contributed by atoms with Crippen molar-refractivity contribution in [1.29, 1.82) is 0 Å². The molecule has 0 aliphatic rings. The van der Waals surface area contributed by atoms with E-state index < -0.39 is 6.17 Å². The van der Waals surface area contributed by atoms with Crippen LogP contribution in [-0.4, -0.2) is 6.54 Å². The molecule has 1 nitrogen and oxygen atoms in total. The fraction of sp³-hybridized carbons (Fsp3) is 0.222. The first kappa shape index (κ1) is 8.21. The number of rotatable bonds is 2. The van der Waals surface area contributed by atoms with E-state index in [1.165, 1.54) is 0 Å². The average molecular weight is 152 g/mol. The normalized spacial score (nSPS) is 13.0. The van der Waals surface area contributed by atoms with Crippen LogP contribution in [0.25, 0.3) is 0 Å². The minimum Gasteiger partial charge on any atom is -0.327 e. The molecule has 0 fully saturated rings. The molecule has 1 radical (unpaired) electrons. The Kier molecular flexibility index (Phi) is 2.60. The maximum atomic E-state index is 13.0. The van der Waals surface area contributed by atoms with Gasteiger partial charge in [0.05, 0.1) is 0 Å². The molecule has 0 bridgehead atoms. The molecular weight excluding hydrogens is 141 g/mol. The molecule has 0 heterocycles. The van der Waals surface area contributed by atoms with Gasteiger partial charge in [0, 0.05) is 6.54 Å². The number of benzene rings is 1. The smallest absolute Gasteiger partial charge is 0.138 e. The van der Waals surface area contributed by atoms with Gasteiger partial charge in [0.15, 0.2) is 0 Å². The summed E-state index contributed by atoms with van der Waals surface area (Å²) in [6, 6.07) is 7.10. The van der Waals surface area contributed by atoms with E-state index in [-0.39, 0.29) is 6.54 Å². The van der Waals surface area contributed by atoms with Crippen molar-refractivity contribution in [2.75, 3.05) is 6.54 Å². The second kappa shape index (κ2) is 3.49. The molecule has 59 valence electrons. The standard InChI is InChI=1S/C9H11FN/c1-7-4-2-3-5-8(7)9(10)6-11/h2-5,9H,1,6,11H2. The largest absolute Gasteiger partial charge is 0.327 e. The van der Waals surface area contributed by atoms with E-state index in [0.29, 0.717) is 11.1 Å². The van der Waals surface area contributed by atoms with Crippen LogP contribution in [-0.2, 0) is 0 Å². The zero-order valence-corrected chi connectivity index (χ0v) is 6.26. The highest BCUT2D eigenvalue weighted by Crippen LogP contribution is 2.18. The van der Waals surface area contributed by atoms with Gasteiger partial charge in [-0.15, -0.1) is 0 Å². The van der Waals surface area contributed by atoms with Crippen LogP contribution in [0.15, 0.2) is 24.3 Å². The second-order valence-corrected chi connectivity index (χ2v) is 2.40. The van der Waals surface area contributed by atoms with Gasteiger partial charge in [-0.2, -0.15) is 0 Å². The van der Waals surface area contributed by atoms with Crippen LogP contribution in [0.3, 0.4) is 0 Å². The molecule has 0 amide bonds. The minimum absolute atomic E-state index is 0.0204. The number of hydrogen-bond acceptors (Lipinski definition) is 1. The molecule has 11 heavy (non-hydrogen) atoms. The highest BCUT2D eigenvalue weighted by molar-refractivity contribution is 5.31. The van der Waals surface area contributed by atoms with Crippen LogP contribution in [0.2, 0.25) is 0 Å². The van der Waals surface area contributed by atoms with E-state index in [2.05, 4.69) is 6.92 Å². The molecule has 1 aromatic carbocycles. The van der Waals surface area contributed by atoms with Crippen LogP contribution in [0, 0.1) is 6.92 Å². The van der Waals surface area contributed by atoms with E-state index >= 15 is 0 Å². The first-order valence-corrected chi connectivity index (χ1v) is 3.50. The Morgan fingerprint density at radius 1 is 1.45 bits per heavy atom. The van der Waals surface area contributed by atoms with E-state index in [1.54, 1.807) is 18.2 Å². The third-order valence-electron chi connectivity index (χ3n) is 1.60. The maximum absolute atomic E-state index is 13.0. The molecule has 1 aromatic rings. The van der Waals surface area contributed by atoms with Gasteiger partial charge in [-0.3, -0.25) is 0 Å². The van der Waals surface area contributed by atoms with Crippen LogP contribution in [0.1, 0.15) is 17.3 Å². The SMILES string of the molecule is [CH2]c1ccccc1C(F)CN. The quantitative estimate of drug-likeness (QED) is 0.687. The summed E-state index contributed by atoms with van der Waals surface area (Å²) in [5, 5.41) is 0. The van der Waals surface area contributed by atoms with Gasteiger partial charge in [-0.05, 0) is 18.1 Å². The second-order valence-electron chi connectivity index (χ2n) is 2.40. The molecule has 1 atom stereocenters. The predicted octanol–water partition coefficient (Wildman–Crippen LogP) is 1.84. The summed E-state index contributed by atoms with van der Waals surface area (Å²) < 4.78 is 13.0. The Bertz CT molecular complexity index is 235. The lowest BCUT2D eigenvalue weighted by Crippen LogP contribution is -2.08. The number of nitrogens with two attached hydrogens (primary N) is 1. The summed E-state index contributed by atoms with van der Waals surface area (Å²) >= 11 is 0. The van der Waals surface area contributed by atoms with E-state index in [9.17, 15) is 4.39 Å². The molecular formula is C9H11FN. The van der Waals surface area contributed by atoms with Crippen molar-refractivity contribution in [2.24, 2.45) is 5.73 Å². The highest BCUT2D eigenvalue weighted by Gasteiger charge is 2.08. The number of hydrogen-bond donors (Lipinski definition) is 1. The van der Waals surface area contributed by atoms with Gasteiger partial charge in [0.1, 0.15) is 6.17 Å². The predicted molar refractivity (Wildman–Crippen MR) is 43.8 cm³/mol. The van der Waals surface area contributed by atoms with E-state index in [1.807, 2.05) is 6.07 Å². The van der Waals surface area contributed by atoms with Crippen molar-refractivity contribution in [3.63, 3.8) is 0 Å². The Morgan fingerprint density at radius 3 is 2.64 bits per heavy atom. The van der Waals surface area contributed by atoms with Gasteiger partial charge in [0.25, 0.3) is 0 Å². The highest BCUT2D eigenvalue weighted by atomic mass is 19.1. The molecule has 2 heteroatoms. The average Bonchev–Trinajstić information content (AvgIpc) is 2.04. The molecule has 0 saturated carbocycles. The van der Waals surface area contributed by atoms with Crippen molar-refractivity contribution < 1.29 is 4.39 Å². The molecule has 0 saturated heterocycles. The van der Waals surface area contributed by atoms with Crippen molar-refractivity contribution in [2.45, 2.75) is 6.17 Å². The molecule has 0 spiro atoms. The summed E-state index contributed by atoms with van der Waals surface area (Å²) in [7, 11) is 0. The zero-order valence-electron chi connectivity index (χ0n) is 6.26. The number of halogens is 1. The Balaban J connectivity index is 2.93. The van der Waals surface area contributed by atoms with Gasteiger partial charge in [0.2, 0.25) is 0 Å². The van der Waals surface area contributed by atoms with Crippen LogP contribution in [0.5, 0.6) is 0 Å². The minimum atomic E-state index is -1.08. The molecule has 0 aliphatic carbocycles. The summed E-state index contributed by atoms with van der Waals surface area (Å²) in [5.74, 6) is 0. The lowest BCUT2D eigenvalue weighted by molar-refractivity contribution is 0.352. The third kappa shape index (κ3) is 1.77. The van der Waals surface area contributed by atoms with Crippen LogP contribution >= 0.6 is 0 Å². The van der Waals surface area contributed by atoms with Gasteiger partial charge in [-0.25, -0.2) is 4.39 Å². The molecule has 1 rings (SSSR count). The van der Waals surface area contributed by atoms with Crippen molar-refractivity contribution in [3.05, 3.63) is 42.3 Å². The summed E-state index contributed by atoms with van der Waals surface area (Å²) in [4.78, 5) is 0. The molecule has 0 aliphatic heterocycles. The lowest BCUT2D eigenvalue weighted by atomic mass is 10.1. The van der Waals surface area contributed by atoms with E-state index in [4.69, 9.17) is 5.73 Å². The first-order valence-electron chi connectivity index (χ1n) is 3.50. The topological polar surface area (TPSA) is 26.0 Å². The summed E-state index contributed by atoms with van der Waals surface area (Å²) in [6.07, 6.45) is -1.08. The summed E-state index contributed by atoms with van der Waals surface area (Å²) in [5.41, 5.74) is 6.48. The zero-order chi connectivity index (χ0) is 8.27. The summed E-state index contributed by atoms with van der Waals surface area (Å²) in [6.45, 7) is 3.71. The molecule has 0 aromatic heterocycles. The Hall–Kier alpha value is -0.890. The van der Waals surface area contributed by atoms with E-state index in [0.717, 1.165) is 0 Å². The first-order chi connectivity index (χ1) is 5.25. The van der Waals surface area contributed by atoms with Crippen LogP contribution in [0.4, 0.5) is 4.39 Å². The fourth-order valence-corrected chi connectivity index (χ4v) is 0.967. The van der Waals surface area contributed by atoms with Gasteiger partial charge < -0.3 is 5.73 Å². The fourth-order valence-electron chi connectivity index (χ4n) is 0.967. The lowest BCUT2D eigenvalue weighted by Gasteiger charge is -2.07. The monoisotopic (exact) mass is 152 g/mol. The van der Waals surface area contributed by atoms with Crippen molar-refractivity contribution in [1.82, 2.24) is 0 Å². The van der Waals surface area contributed by atoms with Gasteiger partial charge in [-0.1, -0.05) is 24.3 Å². The number of alkyl halides is 1. The van der Waals surface area contributed by atoms with Crippen molar-refractivity contribution in [3.8, 4) is 0 Å². The molecule has 2 N–H and O–H groups in total. The Morgan fingerprint density at radius 2 is 2.09 bits per heavy atom. The maximum Gasteiger partial charge on any atom is 0.138 e. The third-order valence-corrected chi connectivity index (χ3v) is 1.60. The Labute approximate surface area is 66.0 Å².